The van der Waals surface area contributed by atoms with E-state index >= 15 is 0 Å². The van der Waals surface area contributed by atoms with E-state index in [9.17, 15) is 4.79 Å². The van der Waals surface area contributed by atoms with Crippen molar-refractivity contribution >= 4 is 5.91 Å². The number of carbonyl (C=O) groups excluding carboxylic acids is 1. The molecule has 0 bridgehead atoms. The van der Waals surface area contributed by atoms with Gasteiger partial charge < -0.3 is 14.8 Å². The predicted molar refractivity (Wildman–Crippen MR) is 89.9 cm³/mol. The molecule has 0 saturated heterocycles. The molecular formula is C18H29NO3. The standard InChI is InChI=1S/C18H29NO3/c1-12(2)15-11-16(14(5)10-17(15)21-6)18(20)19-8-7-9-22-13(3)4/h10-13H,7-9H2,1-6H3,(H,19,20). The monoisotopic (exact) mass is 307 g/mol. The Morgan fingerprint density at radius 1 is 1.23 bits per heavy atom. The van der Waals surface area contributed by atoms with E-state index in [0.717, 1.165) is 23.3 Å². The van der Waals surface area contributed by atoms with Crippen LogP contribution >= 0.6 is 0 Å². The largest absolute Gasteiger partial charge is 0.496 e. The lowest BCUT2D eigenvalue weighted by molar-refractivity contribution is 0.0757. The van der Waals surface area contributed by atoms with Gasteiger partial charge in [0.2, 0.25) is 0 Å². The maximum atomic E-state index is 12.3. The molecule has 0 aliphatic rings. The smallest absolute Gasteiger partial charge is 0.251 e. The summed E-state index contributed by atoms with van der Waals surface area (Å²) in [5.41, 5.74) is 2.70. The van der Waals surface area contributed by atoms with Crippen LogP contribution in [-0.2, 0) is 4.74 Å². The summed E-state index contributed by atoms with van der Waals surface area (Å²) in [5.74, 6) is 1.11. The number of amides is 1. The molecule has 0 spiro atoms. The summed E-state index contributed by atoms with van der Waals surface area (Å²) in [6.45, 7) is 11.4. The third-order valence-electron chi connectivity index (χ3n) is 3.50. The maximum absolute atomic E-state index is 12.3. The molecule has 0 heterocycles. The molecular weight excluding hydrogens is 278 g/mol. The maximum Gasteiger partial charge on any atom is 0.251 e. The van der Waals surface area contributed by atoms with Crippen LogP contribution in [0.15, 0.2) is 12.1 Å². The van der Waals surface area contributed by atoms with Crippen molar-refractivity contribution in [2.45, 2.75) is 53.1 Å². The fourth-order valence-electron chi connectivity index (χ4n) is 2.26. The fourth-order valence-corrected chi connectivity index (χ4v) is 2.26. The summed E-state index contributed by atoms with van der Waals surface area (Å²) in [6.07, 6.45) is 1.05. The van der Waals surface area contributed by atoms with Gasteiger partial charge in [-0.15, -0.1) is 0 Å². The van der Waals surface area contributed by atoms with Crippen molar-refractivity contribution in [1.82, 2.24) is 5.32 Å². The van der Waals surface area contributed by atoms with Crippen LogP contribution in [0.1, 0.15) is 61.5 Å². The molecule has 0 fully saturated rings. The second-order valence-electron chi connectivity index (χ2n) is 6.09. The lowest BCUT2D eigenvalue weighted by atomic mass is 9.96. The van der Waals surface area contributed by atoms with Gasteiger partial charge in [-0.3, -0.25) is 4.79 Å². The molecule has 4 heteroatoms. The van der Waals surface area contributed by atoms with Gasteiger partial charge in [0.25, 0.3) is 5.91 Å². The first-order valence-corrected chi connectivity index (χ1v) is 7.95. The molecule has 22 heavy (non-hydrogen) atoms. The number of hydrogen-bond acceptors (Lipinski definition) is 3. The second kappa shape index (κ2) is 8.79. The van der Waals surface area contributed by atoms with Crippen molar-refractivity contribution in [2.75, 3.05) is 20.3 Å². The molecule has 1 rings (SSSR count). The molecule has 0 saturated carbocycles. The van der Waals surface area contributed by atoms with E-state index in [4.69, 9.17) is 9.47 Å². The summed E-state index contributed by atoms with van der Waals surface area (Å²) in [6, 6.07) is 3.88. The van der Waals surface area contributed by atoms with E-state index in [-0.39, 0.29) is 12.0 Å². The van der Waals surface area contributed by atoms with Crippen molar-refractivity contribution in [1.29, 1.82) is 0 Å². The number of hydrogen-bond donors (Lipinski definition) is 1. The Morgan fingerprint density at radius 3 is 2.45 bits per heavy atom. The number of aryl methyl sites for hydroxylation is 1. The molecule has 0 aliphatic carbocycles. The Bertz CT molecular complexity index is 495. The van der Waals surface area contributed by atoms with Crippen LogP contribution in [-0.4, -0.2) is 32.3 Å². The van der Waals surface area contributed by atoms with Crippen molar-refractivity contribution in [2.24, 2.45) is 0 Å². The summed E-state index contributed by atoms with van der Waals surface area (Å²) >= 11 is 0. The van der Waals surface area contributed by atoms with E-state index in [1.54, 1.807) is 7.11 Å². The Morgan fingerprint density at radius 2 is 1.91 bits per heavy atom. The molecule has 1 aromatic rings. The normalized spacial score (nSPS) is 11.1. The predicted octanol–water partition coefficient (Wildman–Crippen LogP) is 3.67. The highest BCUT2D eigenvalue weighted by atomic mass is 16.5. The van der Waals surface area contributed by atoms with Gasteiger partial charge >= 0.3 is 0 Å². The first kappa shape index (κ1) is 18.5. The molecule has 4 nitrogen and oxygen atoms in total. The summed E-state index contributed by atoms with van der Waals surface area (Å²) in [7, 11) is 1.66. The van der Waals surface area contributed by atoms with Crippen LogP contribution in [0.25, 0.3) is 0 Å². The zero-order chi connectivity index (χ0) is 16.7. The van der Waals surface area contributed by atoms with Crippen LogP contribution in [0.2, 0.25) is 0 Å². The highest BCUT2D eigenvalue weighted by molar-refractivity contribution is 5.96. The minimum Gasteiger partial charge on any atom is -0.496 e. The Balaban J connectivity index is 2.70. The molecule has 124 valence electrons. The van der Waals surface area contributed by atoms with Crippen LogP contribution in [0.4, 0.5) is 0 Å². The van der Waals surface area contributed by atoms with Crippen LogP contribution in [0.5, 0.6) is 5.75 Å². The molecule has 0 atom stereocenters. The third-order valence-corrected chi connectivity index (χ3v) is 3.50. The topological polar surface area (TPSA) is 47.6 Å². The van der Waals surface area contributed by atoms with Gasteiger partial charge in [-0.2, -0.15) is 0 Å². The van der Waals surface area contributed by atoms with Crippen LogP contribution in [0, 0.1) is 6.92 Å². The van der Waals surface area contributed by atoms with Gasteiger partial charge in [-0.1, -0.05) is 13.8 Å². The van der Waals surface area contributed by atoms with Crippen molar-refractivity contribution in [3.8, 4) is 5.75 Å². The van der Waals surface area contributed by atoms with Crippen molar-refractivity contribution in [3.05, 3.63) is 28.8 Å². The minimum atomic E-state index is -0.0356. The first-order valence-electron chi connectivity index (χ1n) is 7.95. The van der Waals surface area contributed by atoms with E-state index in [1.807, 2.05) is 32.9 Å². The van der Waals surface area contributed by atoms with E-state index < -0.39 is 0 Å². The first-order chi connectivity index (χ1) is 10.4. The highest BCUT2D eigenvalue weighted by Gasteiger charge is 2.15. The lowest BCUT2D eigenvalue weighted by Crippen LogP contribution is -2.26. The van der Waals surface area contributed by atoms with Crippen molar-refractivity contribution < 1.29 is 14.3 Å². The number of methoxy groups -OCH3 is 1. The van der Waals surface area contributed by atoms with E-state index in [2.05, 4.69) is 19.2 Å². The van der Waals surface area contributed by atoms with Gasteiger partial charge in [0.05, 0.1) is 13.2 Å². The van der Waals surface area contributed by atoms with Crippen LogP contribution < -0.4 is 10.1 Å². The van der Waals surface area contributed by atoms with E-state index in [0.29, 0.717) is 24.6 Å². The third kappa shape index (κ3) is 5.34. The van der Waals surface area contributed by atoms with Crippen molar-refractivity contribution in [3.63, 3.8) is 0 Å². The van der Waals surface area contributed by atoms with Gasteiger partial charge in [0, 0.05) is 18.7 Å². The molecule has 0 radical (unpaired) electrons. The van der Waals surface area contributed by atoms with Gasteiger partial charge in [0.15, 0.2) is 0 Å². The Kier molecular flexibility index (Phi) is 7.39. The Labute approximate surface area is 134 Å². The quantitative estimate of drug-likeness (QED) is 0.745. The SMILES string of the molecule is COc1cc(C)c(C(=O)NCCCOC(C)C)cc1C(C)C. The number of carbonyl (C=O) groups is 1. The molecule has 0 aliphatic heterocycles. The average Bonchev–Trinajstić information content (AvgIpc) is 2.45. The highest BCUT2D eigenvalue weighted by Crippen LogP contribution is 2.29. The van der Waals surface area contributed by atoms with Gasteiger partial charge in [-0.05, 0) is 56.4 Å². The molecule has 1 amide bonds. The molecule has 1 N–H and O–H groups in total. The Hall–Kier alpha value is -1.55. The molecule has 0 unspecified atom stereocenters. The summed E-state index contributed by atoms with van der Waals surface area (Å²) in [4.78, 5) is 12.3. The number of benzene rings is 1. The molecule has 0 aromatic heterocycles. The zero-order valence-corrected chi connectivity index (χ0v) is 14.7. The number of rotatable bonds is 8. The number of ether oxygens (including phenoxy) is 2. The van der Waals surface area contributed by atoms with Gasteiger partial charge in [0.1, 0.15) is 5.75 Å². The average molecular weight is 307 g/mol. The van der Waals surface area contributed by atoms with Crippen LogP contribution in [0.3, 0.4) is 0 Å². The fraction of sp³-hybridized carbons (Fsp3) is 0.611. The molecule has 1 aromatic carbocycles. The number of nitrogens with one attached hydrogen (secondary N) is 1. The van der Waals surface area contributed by atoms with Gasteiger partial charge in [-0.25, -0.2) is 0 Å². The zero-order valence-electron chi connectivity index (χ0n) is 14.7. The van der Waals surface area contributed by atoms with E-state index in [1.165, 1.54) is 0 Å². The summed E-state index contributed by atoms with van der Waals surface area (Å²) in [5, 5.41) is 2.96. The minimum absolute atomic E-state index is 0.0356. The lowest BCUT2D eigenvalue weighted by Gasteiger charge is -2.16. The summed E-state index contributed by atoms with van der Waals surface area (Å²) < 4.78 is 10.9. The second-order valence-corrected chi connectivity index (χ2v) is 6.09.